The van der Waals surface area contributed by atoms with Gasteiger partial charge in [0.25, 0.3) is 0 Å². The van der Waals surface area contributed by atoms with Crippen LogP contribution in [0.25, 0.3) is 0 Å². The maximum Gasteiger partial charge on any atom is 0.239 e. The SMILES string of the molecule is CC(C)C[C@H](N)C(=O)N1CCN(c2ccncc2)CC1.Cl.Cl.Cl. The molecule has 8 heteroatoms. The van der Waals surface area contributed by atoms with Gasteiger partial charge in [-0.3, -0.25) is 9.78 Å². The Morgan fingerprint density at radius 1 is 1.13 bits per heavy atom. The lowest BCUT2D eigenvalue weighted by Crippen LogP contribution is -2.53. The van der Waals surface area contributed by atoms with Crippen molar-refractivity contribution >= 4 is 48.8 Å². The summed E-state index contributed by atoms with van der Waals surface area (Å²) in [6.45, 7) is 7.37. The van der Waals surface area contributed by atoms with Gasteiger partial charge >= 0.3 is 0 Å². The minimum atomic E-state index is -0.359. The predicted molar refractivity (Wildman–Crippen MR) is 102 cm³/mol. The van der Waals surface area contributed by atoms with Crippen molar-refractivity contribution < 1.29 is 4.79 Å². The Kier molecular flexibility index (Phi) is 12.5. The highest BCUT2D eigenvalue weighted by Crippen LogP contribution is 2.15. The second kappa shape index (κ2) is 11.7. The number of piperazine rings is 1. The molecule has 1 aliphatic rings. The zero-order chi connectivity index (χ0) is 14.5. The number of anilines is 1. The number of hydrogen-bond donors (Lipinski definition) is 1. The summed E-state index contributed by atoms with van der Waals surface area (Å²) in [4.78, 5) is 20.4. The maximum absolute atomic E-state index is 12.2. The van der Waals surface area contributed by atoms with Crippen LogP contribution >= 0.6 is 37.2 Å². The average Bonchev–Trinajstić information content (AvgIpc) is 2.47. The lowest BCUT2D eigenvalue weighted by Gasteiger charge is -2.37. The highest BCUT2D eigenvalue weighted by molar-refractivity contribution is 5.86. The first-order valence-electron chi connectivity index (χ1n) is 7.27. The van der Waals surface area contributed by atoms with Crippen molar-refractivity contribution in [1.82, 2.24) is 9.88 Å². The number of carbonyl (C=O) groups excluding carboxylic acids is 1. The molecule has 2 rings (SSSR count). The van der Waals surface area contributed by atoms with Crippen LogP contribution in [0.3, 0.4) is 0 Å². The molecule has 2 heterocycles. The van der Waals surface area contributed by atoms with Crippen molar-refractivity contribution in [3.63, 3.8) is 0 Å². The van der Waals surface area contributed by atoms with E-state index in [0.717, 1.165) is 32.6 Å². The summed E-state index contributed by atoms with van der Waals surface area (Å²) < 4.78 is 0. The van der Waals surface area contributed by atoms with Gasteiger partial charge in [-0.25, -0.2) is 0 Å². The molecule has 5 nitrogen and oxygen atoms in total. The lowest BCUT2D eigenvalue weighted by atomic mass is 10.0. The Balaban J connectivity index is 0. The van der Waals surface area contributed by atoms with Crippen LogP contribution in [0.1, 0.15) is 20.3 Å². The van der Waals surface area contributed by atoms with Crippen LogP contribution in [0.2, 0.25) is 0 Å². The second-order valence-corrected chi connectivity index (χ2v) is 5.75. The summed E-state index contributed by atoms with van der Waals surface area (Å²) in [7, 11) is 0. The van der Waals surface area contributed by atoms with E-state index >= 15 is 0 Å². The van der Waals surface area contributed by atoms with E-state index in [1.165, 1.54) is 5.69 Å². The van der Waals surface area contributed by atoms with E-state index in [4.69, 9.17) is 5.73 Å². The molecule has 0 spiro atoms. The quantitative estimate of drug-likeness (QED) is 0.864. The number of halogens is 3. The van der Waals surface area contributed by atoms with Crippen molar-refractivity contribution in [2.45, 2.75) is 26.3 Å². The third-order valence-corrected chi connectivity index (χ3v) is 3.66. The Labute approximate surface area is 157 Å². The molecule has 0 saturated carbocycles. The summed E-state index contributed by atoms with van der Waals surface area (Å²) in [5, 5.41) is 0. The van der Waals surface area contributed by atoms with Gasteiger partial charge in [0.1, 0.15) is 0 Å². The summed E-state index contributed by atoms with van der Waals surface area (Å²) in [6.07, 6.45) is 4.35. The van der Waals surface area contributed by atoms with Crippen LogP contribution in [-0.2, 0) is 4.79 Å². The van der Waals surface area contributed by atoms with Crippen LogP contribution < -0.4 is 10.6 Å². The number of amides is 1. The van der Waals surface area contributed by atoms with E-state index in [-0.39, 0.29) is 49.2 Å². The summed E-state index contributed by atoms with van der Waals surface area (Å²) >= 11 is 0. The normalized spacial score (nSPS) is 15.1. The summed E-state index contributed by atoms with van der Waals surface area (Å²) in [6, 6.07) is 3.65. The maximum atomic E-state index is 12.2. The van der Waals surface area contributed by atoms with Gasteiger partial charge in [0.15, 0.2) is 0 Å². The molecule has 1 fully saturated rings. The molecule has 0 bridgehead atoms. The average molecular weight is 386 g/mol. The Morgan fingerprint density at radius 3 is 2.13 bits per heavy atom. The van der Waals surface area contributed by atoms with Crippen molar-refractivity contribution in [3.8, 4) is 0 Å². The van der Waals surface area contributed by atoms with Crippen LogP contribution in [0, 0.1) is 5.92 Å². The first kappa shape index (κ1) is 24.5. The van der Waals surface area contributed by atoms with Gasteiger partial charge in [-0.2, -0.15) is 0 Å². The molecular formula is C15H27Cl3N4O. The monoisotopic (exact) mass is 384 g/mol. The lowest BCUT2D eigenvalue weighted by molar-refractivity contribution is -0.133. The Morgan fingerprint density at radius 2 is 1.65 bits per heavy atom. The summed E-state index contributed by atoms with van der Waals surface area (Å²) in [5.41, 5.74) is 7.15. The highest BCUT2D eigenvalue weighted by Gasteiger charge is 2.25. The Bertz CT molecular complexity index is 440. The molecule has 0 aliphatic carbocycles. The van der Waals surface area contributed by atoms with Crippen molar-refractivity contribution in [1.29, 1.82) is 0 Å². The molecule has 23 heavy (non-hydrogen) atoms. The second-order valence-electron chi connectivity index (χ2n) is 5.75. The largest absolute Gasteiger partial charge is 0.368 e. The molecule has 1 saturated heterocycles. The number of pyridine rings is 1. The first-order chi connectivity index (χ1) is 9.58. The van der Waals surface area contributed by atoms with Crippen LogP contribution in [0.4, 0.5) is 5.69 Å². The number of hydrogen-bond acceptors (Lipinski definition) is 4. The van der Waals surface area contributed by atoms with E-state index in [9.17, 15) is 4.79 Å². The third-order valence-electron chi connectivity index (χ3n) is 3.66. The van der Waals surface area contributed by atoms with Crippen molar-refractivity contribution in [2.75, 3.05) is 31.1 Å². The molecule has 134 valence electrons. The molecule has 1 atom stereocenters. The minimum Gasteiger partial charge on any atom is -0.368 e. The van der Waals surface area contributed by atoms with Gasteiger partial charge in [-0.05, 0) is 24.5 Å². The molecular weight excluding hydrogens is 359 g/mol. The fraction of sp³-hybridized carbons (Fsp3) is 0.600. The fourth-order valence-corrected chi connectivity index (χ4v) is 2.58. The van der Waals surface area contributed by atoms with E-state index in [1.807, 2.05) is 17.0 Å². The van der Waals surface area contributed by atoms with E-state index in [0.29, 0.717) is 5.92 Å². The standard InChI is InChI=1S/C15H24N4O.3ClH/c1-12(2)11-14(16)15(20)19-9-7-18(8-10-19)13-3-5-17-6-4-13;;;/h3-6,12,14H,7-11,16H2,1-2H3;3*1H/t14-;;;/m0.../s1. The highest BCUT2D eigenvalue weighted by atomic mass is 35.5. The number of carbonyl (C=O) groups is 1. The number of nitrogens with zero attached hydrogens (tertiary/aromatic N) is 3. The molecule has 1 aromatic heterocycles. The minimum absolute atomic E-state index is 0. The zero-order valence-corrected chi connectivity index (χ0v) is 16.0. The van der Waals surface area contributed by atoms with E-state index in [2.05, 4.69) is 23.7 Å². The van der Waals surface area contributed by atoms with Crippen molar-refractivity contribution in [2.24, 2.45) is 11.7 Å². The zero-order valence-electron chi connectivity index (χ0n) is 13.6. The fourth-order valence-electron chi connectivity index (χ4n) is 2.58. The predicted octanol–water partition coefficient (Wildman–Crippen LogP) is 2.37. The smallest absolute Gasteiger partial charge is 0.239 e. The topological polar surface area (TPSA) is 62.5 Å². The third kappa shape index (κ3) is 7.12. The molecule has 2 N–H and O–H groups in total. The number of aromatic nitrogens is 1. The number of rotatable bonds is 4. The molecule has 1 aliphatic heterocycles. The van der Waals surface area contributed by atoms with Crippen LogP contribution in [0.15, 0.2) is 24.5 Å². The van der Waals surface area contributed by atoms with Crippen LogP contribution in [-0.4, -0.2) is 48.0 Å². The van der Waals surface area contributed by atoms with Gasteiger partial charge in [0, 0.05) is 44.3 Å². The molecule has 1 aromatic rings. The van der Waals surface area contributed by atoms with Crippen molar-refractivity contribution in [3.05, 3.63) is 24.5 Å². The first-order valence-corrected chi connectivity index (χ1v) is 7.27. The van der Waals surface area contributed by atoms with Crippen LogP contribution in [0.5, 0.6) is 0 Å². The van der Waals surface area contributed by atoms with E-state index < -0.39 is 0 Å². The Hall–Kier alpha value is -0.750. The van der Waals surface area contributed by atoms with Gasteiger partial charge in [-0.1, -0.05) is 13.8 Å². The summed E-state index contributed by atoms with van der Waals surface area (Å²) in [5.74, 6) is 0.542. The van der Waals surface area contributed by atoms with Gasteiger partial charge in [0.05, 0.1) is 6.04 Å². The van der Waals surface area contributed by atoms with Gasteiger partial charge in [-0.15, -0.1) is 37.2 Å². The van der Waals surface area contributed by atoms with Gasteiger partial charge in [0.2, 0.25) is 5.91 Å². The van der Waals surface area contributed by atoms with E-state index in [1.54, 1.807) is 12.4 Å². The number of nitrogens with two attached hydrogens (primary N) is 1. The molecule has 0 radical (unpaired) electrons. The molecule has 0 unspecified atom stereocenters. The molecule has 1 amide bonds. The van der Waals surface area contributed by atoms with Gasteiger partial charge < -0.3 is 15.5 Å². The molecule has 0 aromatic carbocycles.